The Hall–Kier alpha value is -2.90. The van der Waals surface area contributed by atoms with Crippen molar-refractivity contribution >= 4 is 17.1 Å². The maximum absolute atomic E-state index is 12.7. The van der Waals surface area contributed by atoms with Gasteiger partial charge >= 0.3 is 12.1 Å². The lowest BCUT2D eigenvalue weighted by Crippen LogP contribution is -2.09. The fraction of sp³-hybridized carbons (Fsp3) is 0.235. The molecule has 0 saturated carbocycles. The molecule has 0 N–H and O–H groups in total. The Labute approximate surface area is 140 Å². The van der Waals surface area contributed by atoms with E-state index >= 15 is 0 Å². The van der Waals surface area contributed by atoms with Gasteiger partial charge in [-0.2, -0.15) is 13.2 Å². The summed E-state index contributed by atoms with van der Waals surface area (Å²) in [6.07, 6.45) is -4.45. The highest BCUT2D eigenvalue weighted by molar-refractivity contribution is 6.03. The molecule has 0 amide bonds. The quantitative estimate of drug-likeness (QED) is 0.662. The third kappa shape index (κ3) is 3.47. The molecule has 0 atom stereocenters. The first-order valence-corrected chi connectivity index (χ1v) is 7.32. The molecule has 0 fully saturated rings. The minimum atomic E-state index is -4.45. The first-order chi connectivity index (χ1) is 11.8. The fourth-order valence-electron chi connectivity index (χ4n) is 2.44. The number of benzene rings is 1. The zero-order chi connectivity index (χ0) is 18.2. The van der Waals surface area contributed by atoms with Crippen LogP contribution in [-0.2, 0) is 17.5 Å². The van der Waals surface area contributed by atoms with Gasteiger partial charge in [-0.1, -0.05) is 17.3 Å². The maximum atomic E-state index is 12.7. The number of fused-ring (bicyclic) bond motifs is 1. The summed E-state index contributed by atoms with van der Waals surface area (Å²) in [4.78, 5) is 16.5. The molecule has 3 rings (SSSR count). The maximum Gasteiger partial charge on any atom is 0.416 e. The first kappa shape index (κ1) is 16.9. The van der Waals surface area contributed by atoms with Crippen molar-refractivity contribution < 1.29 is 27.2 Å². The Kier molecular flexibility index (Phi) is 4.20. The second-order valence-electron chi connectivity index (χ2n) is 5.53. The predicted molar refractivity (Wildman–Crippen MR) is 81.8 cm³/mol. The number of carbonyl (C=O) groups excluding carboxylic acids is 1. The molecule has 25 heavy (non-hydrogen) atoms. The average molecular weight is 350 g/mol. The summed E-state index contributed by atoms with van der Waals surface area (Å²) in [5.74, 6) is -0.681. The summed E-state index contributed by atoms with van der Waals surface area (Å²) in [6.45, 7) is 3.06. The summed E-state index contributed by atoms with van der Waals surface area (Å²) < 4.78 is 48.4. The van der Waals surface area contributed by atoms with Gasteiger partial charge in [0.05, 0.1) is 22.2 Å². The van der Waals surface area contributed by atoms with E-state index in [-0.39, 0.29) is 23.4 Å². The lowest BCUT2D eigenvalue weighted by molar-refractivity contribution is -0.137. The molecule has 0 unspecified atom stereocenters. The standard InChI is InChI=1S/C17H13F3N2O3/c1-9-6-13(14-10(2)22-25-15(14)21-9)16(23)24-8-11-4-3-5-12(7-11)17(18,19)20/h3-7H,8H2,1-2H3. The molecule has 0 aliphatic rings. The Balaban J connectivity index is 1.83. The van der Waals surface area contributed by atoms with Crippen LogP contribution in [0.1, 0.15) is 32.9 Å². The van der Waals surface area contributed by atoms with Crippen LogP contribution in [-0.4, -0.2) is 16.1 Å². The second kappa shape index (κ2) is 6.19. The van der Waals surface area contributed by atoms with Crippen molar-refractivity contribution in [3.63, 3.8) is 0 Å². The molecule has 8 heteroatoms. The topological polar surface area (TPSA) is 65.2 Å². The van der Waals surface area contributed by atoms with Crippen molar-refractivity contribution in [2.45, 2.75) is 26.6 Å². The van der Waals surface area contributed by atoms with Crippen molar-refractivity contribution in [1.29, 1.82) is 0 Å². The molecule has 3 aromatic rings. The number of esters is 1. The van der Waals surface area contributed by atoms with E-state index < -0.39 is 17.7 Å². The van der Waals surface area contributed by atoms with Crippen LogP contribution >= 0.6 is 0 Å². The van der Waals surface area contributed by atoms with Crippen LogP contribution in [0.2, 0.25) is 0 Å². The smallest absolute Gasteiger partial charge is 0.416 e. The van der Waals surface area contributed by atoms with E-state index in [9.17, 15) is 18.0 Å². The summed E-state index contributed by atoms with van der Waals surface area (Å²) in [6, 6.07) is 6.17. The van der Waals surface area contributed by atoms with Gasteiger partial charge in [-0.3, -0.25) is 0 Å². The van der Waals surface area contributed by atoms with Crippen LogP contribution in [0, 0.1) is 13.8 Å². The highest BCUT2D eigenvalue weighted by atomic mass is 19.4. The normalized spacial score (nSPS) is 11.7. The minimum Gasteiger partial charge on any atom is -0.457 e. The fourth-order valence-corrected chi connectivity index (χ4v) is 2.44. The zero-order valence-corrected chi connectivity index (χ0v) is 13.3. The average Bonchev–Trinajstić information content (AvgIpc) is 2.92. The molecule has 5 nitrogen and oxygen atoms in total. The van der Waals surface area contributed by atoms with Gasteiger partial charge in [0.25, 0.3) is 5.71 Å². The van der Waals surface area contributed by atoms with E-state index in [4.69, 9.17) is 9.26 Å². The molecule has 0 spiro atoms. The second-order valence-corrected chi connectivity index (χ2v) is 5.53. The molecule has 130 valence electrons. The largest absolute Gasteiger partial charge is 0.457 e. The number of aryl methyl sites for hydroxylation is 2. The number of ether oxygens (including phenoxy) is 1. The van der Waals surface area contributed by atoms with Crippen molar-refractivity contribution in [3.05, 3.63) is 58.4 Å². The van der Waals surface area contributed by atoms with E-state index in [0.717, 1.165) is 12.1 Å². The number of aromatic nitrogens is 2. The van der Waals surface area contributed by atoms with Gasteiger partial charge in [0, 0.05) is 5.69 Å². The van der Waals surface area contributed by atoms with Gasteiger partial charge in [0.2, 0.25) is 0 Å². The monoisotopic (exact) mass is 350 g/mol. The number of hydrogen-bond donors (Lipinski definition) is 0. The Morgan fingerprint density at radius 3 is 2.72 bits per heavy atom. The van der Waals surface area contributed by atoms with Gasteiger partial charge in [0.15, 0.2) is 0 Å². The van der Waals surface area contributed by atoms with Crippen LogP contribution < -0.4 is 0 Å². The third-order valence-electron chi connectivity index (χ3n) is 3.59. The number of pyridine rings is 1. The molecular formula is C17H13F3N2O3. The SMILES string of the molecule is Cc1cc(C(=O)OCc2cccc(C(F)(F)F)c2)c2c(C)noc2n1. The summed E-state index contributed by atoms with van der Waals surface area (Å²) in [5.41, 5.74) is 0.894. The van der Waals surface area contributed by atoms with E-state index in [0.29, 0.717) is 16.8 Å². The molecule has 2 aromatic heterocycles. The highest BCUT2D eigenvalue weighted by Crippen LogP contribution is 2.30. The van der Waals surface area contributed by atoms with Gasteiger partial charge in [0.1, 0.15) is 6.61 Å². The molecule has 0 radical (unpaired) electrons. The van der Waals surface area contributed by atoms with Crippen LogP contribution in [0.5, 0.6) is 0 Å². The predicted octanol–water partition coefficient (Wildman–Crippen LogP) is 4.22. The van der Waals surface area contributed by atoms with Crippen LogP contribution in [0.3, 0.4) is 0 Å². The summed E-state index contributed by atoms with van der Waals surface area (Å²) in [7, 11) is 0. The number of hydrogen-bond acceptors (Lipinski definition) is 5. The van der Waals surface area contributed by atoms with Crippen molar-refractivity contribution in [3.8, 4) is 0 Å². The number of nitrogens with zero attached hydrogens (tertiary/aromatic N) is 2. The molecule has 0 bridgehead atoms. The molecular weight excluding hydrogens is 337 g/mol. The Morgan fingerprint density at radius 1 is 1.24 bits per heavy atom. The van der Waals surface area contributed by atoms with Gasteiger partial charge in [-0.15, -0.1) is 0 Å². The molecule has 0 aliphatic carbocycles. The molecule has 0 saturated heterocycles. The lowest BCUT2D eigenvalue weighted by atomic mass is 10.1. The van der Waals surface area contributed by atoms with Crippen molar-refractivity contribution in [1.82, 2.24) is 10.1 Å². The zero-order valence-electron chi connectivity index (χ0n) is 13.3. The van der Waals surface area contributed by atoms with E-state index in [1.807, 2.05) is 0 Å². The van der Waals surface area contributed by atoms with Crippen molar-refractivity contribution in [2.75, 3.05) is 0 Å². The van der Waals surface area contributed by atoms with Gasteiger partial charge in [-0.05, 0) is 37.6 Å². The first-order valence-electron chi connectivity index (χ1n) is 7.32. The van der Waals surface area contributed by atoms with Crippen LogP contribution in [0.4, 0.5) is 13.2 Å². The number of rotatable bonds is 3. The van der Waals surface area contributed by atoms with Gasteiger partial charge < -0.3 is 9.26 Å². The lowest BCUT2D eigenvalue weighted by Gasteiger charge is -2.10. The molecule has 2 heterocycles. The third-order valence-corrected chi connectivity index (χ3v) is 3.59. The highest BCUT2D eigenvalue weighted by Gasteiger charge is 2.30. The Bertz CT molecular complexity index is 948. The molecule has 1 aromatic carbocycles. The van der Waals surface area contributed by atoms with E-state index in [1.165, 1.54) is 18.2 Å². The number of carbonyl (C=O) groups is 1. The van der Waals surface area contributed by atoms with Crippen LogP contribution in [0.15, 0.2) is 34.9 Å². The van der Waals surface area contributed by atoms with E-state index in [1.54, 1.807) is 13.8 Å². The summed E-state index contributed by atoms with van der Waals surface area (Å²) in [5, 5.41) is 4.20. The molecule has 0 aliphatic heterocycles. The van der Waals surface area contributed by atoms with Crippen molar-refractivity contribution in [2.24, 2.45) is 0 Å². The van der Waals surface area contributed by atoms with Gasteiger partial charge in [-0.25, -0.2) is 9.78 Å². The number of alkyl halides is 3. The van der Waals surface area contributed by atoms with E-state index in [2.05, 4.69) is 10.1 Å². The Morgan fingerprint density at radius 2 is 2.00 bits per heavy atom. The minimum absolute atomic E-state index is 0.212. The van der Waals surface area contributed by atoms with Crippen LogP contribution in [0.25, 0.3) is 11.1 Å². The summed E-state index contributed by atoms with van der Waals surface area (Å²) >= 11 is 0. The number of halogens is 3.